The molecule has 1 heterocycles. The fraction of sp³-hybridized carbons (Fsp3) is 0.214. The quantitative estimate of drug-likeness (QED) is 0.766. The first-order valence-corrected chi connectivity index (χ1v) is 6.77. The maximum atomic E-state index is 4.33. The van der Waals surface area contributed by atoms with E-state index >= 15 is 0 Å². The molecule has 0 aliphatic carbocycles. The summed E-state index contributed by atoms with van der Waals surface area (Å²) in [5.41, 5.74) is 1.30. The predicted octanol–water partition coefficient (Wildman–Crippen LogP) is 3.44. The Morgan fingerprint density at radius 1 is 1.12 bits per heavy atom. The average Bonchev–Trinajstić information content (AvgIpc) is 2.40. The van der Waals surface area contributed by atoms with E-state index < -0.39 is 0 Å². The number of rotatable bonds is 4. The molecule has 0 N–H and O–H groups in total. The van der Waals surface area contributed by atoms with Crippen LogP contribution in [0.15, 0.2) is 53.6 Å². The summed E-state index contributed by atoms with van der Waals surface area (Å²) in [5, 5.41) is 0. The minimum absolute atomic E-state index is 0.881. The van der Waals surface area contributed by atoms with Crippen LogP contribution in [0.25, 0.3) is 0 Å². The van der Waals surface area contributed by atoms with Gasteiger partial charge in [-0.15, -0.1) is 11.8 Å². The molecular formula is C14H16N2S. The molecule has 0 spiro atoms. The molecule has 3 heteroatoms. The maximum absolute atomic E-state index is 4.33. The lowest BCUT2D eigenvalue weighted by Gasteiger charge is -2.18. The smallest absolute Gasteiger partial charge is 0.128 e. The second kappa shape index (κ2) is 5.73. The van der Waals surface area contributed by atoms with Crippen molar-refractivity contribution in [1.29, 1.82) is 0 Å². The molecule has 0 saturated heterocycles. The molecule has 1 aromatic carbocycles. The van der Waals surface area contributed by atoms with Crippen LogP contribution in [0.5, 0.6) is 0 Å². The molecule has 0 bridgehead atoms. The molecule has 0 aliphatic rings. The molecule has 2 rings (SSSR count). The minimum Gasteiger partial charge on any atom is -0.355 e. The maximum Gasteiger partial charge on any atom is 0.128 e. The van der Waals surface area contributed by atoms with Gasteiger partial charge in [-0.1, -0.05) is 18.2 Å². The molecule has 2 aromatic rings. The van der Waals surface area contributed by atoms with E-state index in [1.165, 1.54) is 10.5 Å². The van der Waals surface area contributed by atoms with Gasteiger partial charge in [0, 0.05) is 24.7 Å². The van der Waals surface area contributed by atoms with E-state index in [4.69, 9.17) is 0 Å². The van der Waals surface area contributed by atoms with E-state index in [9.17, 15) is 0 Å². The highest BCUT2D eigenvalue weighted by atomic mass is 32.2. The summed E-state index contributed by atoms with van der Waals surface area (Å²) in [6.07, 6.45) is 3.91. The Kier molecular flexibility index (Phi) is 4.04. The lowest BCUT2D eigenvalue weighted by Crippen LogP contribution is -2.17. The van der Waals surface area contributed by atoms with Crippen molar-refractivity contribution >= 4 is 17.6 Å². The molecule has 17 heavy (non-hydrogen) atoms. The molecule has 0 radical (unpaired) electrons. The van der Waals surface area contributed by atoms with Gasteiger partial charge < -0.3 is 4.90 Å². The Hall–Kier alpha value is -1.48. The van der Waals surface area contributed by atoms with Gasteiger partial charge in [-0.2, -0.15) is 0 Å². The monoisotopic (exact) mass is 244 g/mol. The number of thioether (sulfide) groups is 1. The summed E-state index contributed by atoms with van der Waals surface area (Å²) < 4.78 is 0. The van der Waals surface area contributed by atoms with Gasteiger partial charge >= 0.3 is 0 Å². The van der Waals surface area contributed by atoms with E-state index in [0.717, 1.165) is 12.4 Å². The zero-order valence-corrected chi connectivity index (χ0v) is 10.9. The van der Waals surface area contributed by atoms with Crippen molar-refractivity contribution in [3.8, 4) is 0 Å². The van der Waals surface area contributed by atoms with Gasteiger partial charge in [0.05, 0.1) is 0 Å². The first-order valence-electron chi connectivity index (χ1n) is 5.54. The third-order valence-electron chi connectivity index (χ3n) is 2.62. The largest absolute Gasteiger partial charge is 0.355 e. The normalized spacial score (nSPS) is 10.2. The van der Waals surface area contributed by atoms with E-state index in [0.29, 0.717) is 0 Å². The summed E-state index contributed by atoms with van der Waals surface area (Å²) in [5.74, 6) is 1.00. The van der Waals surface area contributed by atoms with Gasteiger partial charge in [-0.05, 0) is 36.1 Å². The first-order chi connectivity index (χ1) is 8.29. The van der Waals surface area contributed by atoms with Gasteiger partial charge in [0.15, 0.2) is 0 Å². The number of hydrogen-bond acceptors (Lipinski definition) is 3. The number of aromatic nitrogens is 1. The van der Waals surface area contributed by atoms with Crippen molar-refractivity contribution in [1.82, 2.24) is 4.98 Å². The summed E-state index contributed by atoms with van der Waals surface area (Å²) in [6.45, 7) is 0.881. The Morgan fingerprint density at radius 3 is 2.47 bits per heavy atom. The van der Waals surface area contributed by atoms with Crippen LogP contribution in [-0.2, 0) is 6.54 Å². The lowest BCUT2D eigenvalue weighted by atomic mass is 10.2. The van der Waals surface area contributed by atoms with Crippen LogP contribution in [0, 0.1) is 0 Å². The summed E-state index contributed by atoms with van der Waals surface area (Å²) in [4.78, 5) is 7.78. The zero-order valence-electron chi connectivity index (χ0n) is 10.1. The molecule has 88 valence electrons. The Bertz CT molecular complexity index is 453. The van der Waals surface area contributed by atoms with Crippen LogP contribution in [0.2, 0.25) is 0 Å². The predicted molar refractivity (Wildman–Crippen MR) is 74.6 cm³/mol. The molecule has 0 saturated carbocycles. The van der Waals surface area contributed by atoms with Crippen LogP contribution in [-0.4, -0.2) is 18.3 Å². The van der Waals surface area contributed by atoms with Crippen molar-refractivity contribution in [2.45, 2.75) is 11.4 Å². The van der Waals surface area contributed by atoms with Gasteiger partial charge in [0.1, 0.15) is 5.82 Å². The van der Waals surface area contributed by atoms with Crippen molar-refractivity contribution < 1.29 is 0 Å². The van der Waals surface area contributed by atoms with Gasteiger partial charge in [0.25, 0.3) is 0 Å². The number of hydrogen-bond donors (Lipinski definition) is 0. The van der Waals surface area contributed by atoms with Crippen molar-refractivity contribution in [3.05, 3.63) is 54.2 Å². The van der Waals surface area contributed by atoms with E-state index in [2.05, 4.69) is 47.5 Å². The SMILES string of the molecule is CSc1ccc(CN(C)c2ccccn2)cc1. The summed E-state index contributed by atoms with van der Waals surface area (Å²) in [7, 11) is 2.06. The Balaban J connectivity index is 2.05. The van der Waals surface area contributed by atoms with Crippen LogP contribution in [0.1, 0.15) is 5.56 Å². The van der Waals surface area contributed by atoms with E-state index in [1.807, 2.05) is 24.4 Å². The third-order valence-corrected chi connectivity index (χ3v) is 3.36. The number of nitrogens with zero attached hydrogens (tertiary/aromatic N) is 2. The lowest BCUT2D eigenvalue weighted by molar-refractivity contribution is 0.897. The van der Waals surface area contributed by atoms with Crippen LogP contribution < -0.4 is 4.90 Å². The average molecular weight is 244 g/mol. The first kappa shape index (κ1) is 12.0. The second-order valence-electron chi connectivity index (χ2n) is 3.89. The Labute approximate surface area is 107 Å². The van der Waals surface area contributed by atoms with Crippen LogP contribution >= 0.6 is 11.8 Å². The van der Waals surface area contributed by atoms with Gasteiger partial charge in [0.2, 0.25) is 0 Å². The number of benzene rings is 1. The molecule has 0 aliphatic heterocycles. The highest BCUT2D eigenvalue weighted by Crippen LogP contribution is 2.17. The number of pyridine rings is 1. The molecule has 0 amide bonds. The topological polar surface area (TPSA) is 16.1 Å². The van der Waals surface area contributed by atoms with Crippen LogP contribution in [0.3, 0.4) is 0 Å². The fourth-order valence-corrected chi connectivity index (χ4v) is 2.07. The molecule has 0 fully saturated rings. The highest BCUT2D eigenvalue weighted by molar-refractivity contribution is 7.98. The summed E-state index contributed by atoms with van der Waals surface area (Å²) >= 11 is 1.77. The molecular weight excluding hydrogens is 228 g/mol. The molecule has 1 aromatic heterocycles. The summed E-state index contributed by atoms with van der Waals surface area (Å²) in [6, 6.07) is 14.6. The van der Waals surface area contributed by atoms with Gasteiger partial charge in [-0.25, -0.2) is 4.98 Å². The zero-order chi connectivity index (χ0) is 12.1. The fourth-order valence-electron chi connectivity index (χ4n) is 1.67. The second-order valence-corrected chi connectivity index (χ2v) is 4.77. The van der Waals surface area contributed by atoms with Crippen molar-refractivity contribution in [2.75, 3.05) is 18.2 Å². The molecule has 0 unspecified atom stereocenters. The molecule has 2 nitrogen and oxygen atoms in total. The van der Waals surface area contributed by atoms with Gasteiger partial charge in [-0.3, -0.25) is 0 Å². The van der Waals surface area contributed by atoms with Crippen molar-refractivity contribution in [3.63, 3.8) is 0 Å². The number of anilines is 1. The Morgan fingerprint density at radius 2 is 1.88 bits per heavy atom. The molecule has 0 atom stereocenters. The standard InChI is InChI=1S/C14H16N2S/c1-16(14-5-3-4-10-15-14)11-12-6-8-13(17-2)9-7-12/h3-10H,11H2,1-2H3. The van der Waals surface area contributed by atoms with E-state index in [-0.39, 0.29) is 0 Å². The van der Waals surface area contributed by atoms with E-state index in [1.54, 1.807) is 11.8 Å². The van der Waals surface area contributed by atoms with Crippen LogP contribution in [0.4, 0.5) is 5.82 Å². The highest BCUT2D eigenvalue weighted by Gasteiger charge is 2.02. The minimum atomic E-state index is 0.881. The third kappa shape index (κ3) is 3.24. The van der Waals surface area contributed by atoms with Crippen molar-refractivity contribution in [2.24, 2.45) is 0 Å².